The molecule has 0 bridgehead atoms. The van der Waals surface area contributed by atoms with Gasteiger partial charge < -0.3 is 28.8 Å². The molecule has 1 aliphatic heterocycles. The van der Waals surface area contributed by atoms with Gasteiger partial charge in [-0.3, -0.25) is 0 Å². The van der Waals surface area contributed by atoms with E-state index in [0.29, 0.717) is 22.8 Å². The quantitative estimate of drug-likeness (QED) is 0.808. The Labute approximate surface area is 163 Å². The molecule has 1 saturated heterocycles. The molecule has 1 aliphatic rings. The molecule has 0 aliphatic carbocycles. The van der Waals surface area contributed by atoms with Crippen molar-refractivity contribution >= 4 is 11.6 Å². The molecule has 0 aromatic heterocycles. The molecule has 2 unspecified atom stereocenters. The molecule has 2 atom stereocenters. The molecule has 2 aromatic carbocycles. The highest BCUT2D eigenvalue weighted by Crippen LogP contribution is 2.37. The lowest BCUT2D eigenvalue weighted by atomic mass is 10.1. The first-order chi connectivity index (χ1) is 12.9. The molecule has 1 fully saturated rings. The third kappa shape index (κ3) is 4.14. The van der Waals surface area contributed by atoms with Gasteiger partial charge in [0.15, 0.2) is 11.5 Å². The van der Waals surface area contributed by atoms with E-state index >= 15 is 0 Å². The highest BCUT2D eigenvalue weighted by molar-refractivity contribution is 6.32. The third-order valence-electron chi connectivity index (χ3n) is 4.39. The van der Waals surface area contributed by atoms with Crippen LogP contribution in [0.4, 0.5) is 0 Å². The van der Waals surface area contributed by atoms with Crippen molar-refractivity contribution in [2.24, 2.45) is 0 Å². The number of rotatable bonds is 6. The SMILES string of the molecule is COc1ccc(C2(O)OCC(COc3cc(C)c(Cl)c(C)c3)O2)cc1OC. The van der Waals surface area contributed by atoms with E-state index in [1.54, 1.807) is 25.3 Å². The van der Waals surface area contributed by atoms with E-state index in [9.17, 15) is 5.11 Å². The molecule has 1 heterocycles. The van der Waals surface area contributed by atoms with Crippen LogP contribution in [-0.2, 0) is 15.4 Å². The van der Waals surface area contributed by atoms with Crippen LogP contribution in [0.2, 0.25) is 5.02 Å². The van der Waals surface area contributed by atoms with Gasteiger partial charge >= 0.3 is 5.97 Å². The van der Waals surface area contributed by atoms with Crippen LogP contribution < -0.4 is 14.2 Å². The average Bonchev–Trinajstić information content (AvgIpc) is 3.06. The van der Waals surface area contributed by atoms with Gasteiger partial charge in [0.2, 0.25) is 0 Å². The van der Waals surface area contributed by atoms with Crippen LogP contribution in [0, 0.1) is 13.8 Å². The third-order valence-corrected chi connectivity index (χ3v) is 4.98. The number of aryl methyl sites for hydroxylation is 2. The van der Waals surface area contributed by atoms with E-state index in [2.05, 4.69) is 0 Å². The van der Waals surface area contributed by atoms with Gasteiger partial charge in [0.05, 0.1) is 20.8 Å². The molecule has 0 amide bonds. The van der Waals surface area contributed by atoms with Crippen LogP contribution in [0.3, 0.4) is 0 Å². The molecule has 27 heavy (non-hydrogen) atoms. The maximum Gasteiger partial charge on any atom is 0.310 e. The molecule has 0 spiro atoms. The smallest absolute Gasteiger partial charge is 0.310 e. The van der Waals surface area contributed by atoms with Gasteiger partial charge in [-0.2, -0.15) is 0 Å². The summed E-state index contributed by atoms with van der Waals surface area (Å²) in [5.74, 6) is -0.141. The van der Waals surface area contributed by atoms with Crippen LogP contribution in [0.5, 0.6) is 17.2 Å². The molecule has 0 radical (unpaired) electrons. The average molecular weight is 395 g/mol. The monoisotopic (exact) mass is 394 g/mol. The van der Waals surface area contributed by atoms with Crippen LogP contribution in [0.1, 0.15) is 16.7 Å². The lowest BCUT2D eigenvalue weighted by Gasteiger charge is -2.22. The minimum Gasteiger partial charge on any atom is -0.493 e. The van der Waals surface area contributed by atoms with Crippen molar-refractivity contribution in [1.29, 1.82) is 0 Å². The fraction of sp³-hybridized carbons (Fsp3) is 0.400. The molecule has 1 N–H and O–H groups in total. The molecular formula is C20H23ClO6. The Balaban J connectivity index is 1.67. The van der Waals surface area contributed by atoms with Crippen LogP contribution in [0.25, 0.3) is 0 Å². The first kappa shape index (κ1) is 19.8. The zero-order chi connectivity index (χ0) is 19.6. The Hall–Kier alpha value is -1.99. The minimum absolute atomic E-state index is 0.191. The van der Waals surface area contributed by atoms with Crippen LogP contribution in [-0.4, -0.2) is 38.6 Å². The Morgan fingerprint density at radius 3 is 2.41 bits per heavy atom. The first-order valence-electron chi connectivity index (χ1n) is 8.52. The van der Waals surface area contributed by atoms with E-state index in [1.165, 1.54) is 7.11 Å². The van der Waals surface area contributed by atoms with Gasteiger partial charge in [0.1, 0.15) is 18.5 Å². The van der Waals surface area contributed by atoms with Crippen LogP contribution in [0.15, 0.2) is 30.3 Å². The Kier molecular flexibility index (Phi) is 5.81. The molecule has 7 heteroatoms. The van der Waals surface area contributed by atoms with Crippen LogP contribution >= 0.6 is 11.6 Å². The van der Waals surface area contributed by atoms with E-state index in [4.69, 9.17) is 35.3 Å². The van der Waals surface area contributed by atoms with Gasteiger partial charge in [-0.15, -0.1) is 0 Å². The predicted molar refractivity (Wildman–Crippen MR) is 101 cm³/mol. The number of aliphatic hydroxyl groups is 1. The summed E-state index contributed by atoms with van der Waals surface area (Å²) in [4.78, 5) is 0. The maximum atomic E-state index is 10.7. The molecule has 3 rings (SSSR count). The standard InChI is InChI=1S/C20H23ClO6/c1-12-7-15(8-13(2)19(12)21)25-10-16-11-26-20(22,27-16)14-5-6-17(23-3)18(9-14)24-4/h5-9,16,22H,10-11H2,1-4H3. The molecular weight excluding hydrogens is 372 g/mol. The second kappa shape index (κ2) is 7.94. The summed E-state index contributed by atoms with van der Waals surface area (Å²) in [7, 11) is 3.07. The second-order valence-corrected chi connectivity index (χ2v) is 6.76. The molecule has 2 aromatic rings. The molecule has 0 saturated carbocycles. The summed E-state index contributed by atoms with van der Waals surface area (Å²) in [5.41, 5.74) is 2.30. The summed E-state index contributed by atoms with van der Waals surface area (Å²) in [6.45, 7) is 4.27. The number of benzene rings is 2. The number of methoxy groups -OCH3 is 2. The van der Waals surface area contributed by atoms with E-state index in [0.717, 1.165) is 16.1 Å². The zero-order valence-corrected chi connectivity index (χ0v) is 16.5. The van der Waals surface area contributed by atoms with Gasteiger partial charge in [0.25, 0.3) is 0 Å². The Morgan fingerprint density at radius 2 is 1.78 bits per heavy atom. The van der Waals surface area contributed by atoms with Gasteiger partial charge in [-0.05, 0) is 55.3 Å². The summed E-state index contributed by atoms with van der Waals surface area (Å²) in [6.07, 6.45) is -0.431. The van der Waals surface area contributed by atoms with Crippen molar-refractivity contribution in [3.05, 3.63) is 52.0 Å². The molecule has 6 nitrogen and oxygen atoms in total. The van der Waals surface area contributed by atoms with E-state index in [-0.39, 0.29) is 13.2 Å². The first-order valence-corrected chi connectivity index (χ1v) is 8.90. The summed E-state index contributed by atoms with van der Waals surface area (Å²) in [5, 5.41) is 11.5. The van der Waals surface area contributed by atoms with Crippen molar-refractivity contribution in [3.63, 3.8) is 0 Å². The van der Waals surface area contributed by atoms with Crippen molar-refractivity contribution in [3.8, 4) is 17.2 Å². The Bertz CT molecular complexity index is 801. The number of hydrogen-bond donors (Lipinski definition) is 1. The number of halogens is 1. The largest absolute Gasteiger partial charge is 0.493 e. The van der Waals surface area contributed by atoms with Gasteiger partial charge in [-0.1, -0.05) is 11.6 Å². The fourth-order valence-corrected chi connectivity index (χ4v) is 3.05. The molecule has 146 valence electrons. The van der Waals surface area contributed by atoms with Crippen molar-refractivity contribution < 1.29 is 28.8 Å². The summed E-state index contributed by atoms with van der Waals surface area (Å²) in [6, 6.07) is 8.70. The number of hydrogen-bond acceptors (Lipinski definition) is 6. The predicted octanol–water partition coefficient (Wildman–Crippen LogP) is 3.57. The second-order valence-electron chi connectivity index (χ2n) is 6.38. The summed E-state index contributed by atoms with van der Waals surface area (Å²) >= 11 is 6.18. The minimum atomic E-state index is -1.86. The fourth-order valence-electron chi connectivity index (χ4n) is 2.94. The normalized spacial score (nSPS) is 21.9. The lowest BCUT2D eigenvalue weighted by Crippen LogP contribution is -2.29. The summed E-state index contributed by atoms with van der Waals surface area (Å²) < 4.78 is 27.5. The number of ether oxygens (including phenoxy) is 5. The maximum absolute atomic E-state index is 10.7. The van der Waals surface area contributed by atoms with Crippen molar-refractivity contribution in [2.75, 3.05) is 27.4 Å². The van der Waals surface area contributed by atoms with Crippen molar-refractivity contribution in [1.82, 2.24) is 0 Å². The zero-order valence-electron chi connectivity index (χ0n) is 15.7. The van der Waals surface area contributed by atoms with Gasteiger partial charge in [-0.25, -0.2) is 0 Å². The van der Waals surface area contributed by atoms with Gasteiger partial charge in [0, 0.05) is 10.6 Å². The van der Waals surface area contributed by atoms with E-state index in [1.807, 2.05) is 26.0 Å². The lowest BCUT2D eigenvalue weighted by molar-refractivity contribution is -0.325. The highest BCUT2D eigenvalue weighted by atomic mass is 35.5. The van der Waals surface area contributed by atoms with Crippen molar-refractivity contribution in [2.45, 2.75) is 25.9 Å². The highest BCUT2D eigenvalue weighted by Gasteiger charge is 2.42. The Morgan fingerprint density at radius 1 is 1.11 bits per heavy atom. The van der Waals surface area contributed by atoms with E-state index < -0.39 is 12.1 Å². The topological polar surface area (TPSA) is 66.4 Å².